The fourth-order valence-electron chi connectivity index (χ4n) is 4.54. The summed E-state index contributed by atoms with van der Waals surface area (Å²) >= 11 is 0. The van der Waals surface area contributed by atoms with Crippen molar-refractivity contribution >= 4 is 27.2 Å². The number of fused-ring (bicyclic) bond motifs is 1. The van der Waals surface area contributed by atoms with Crippen molar-refractivity contribution in [3.05, 3.63) is 131 Å². The molecule has 0 aliphatic carbocycles. The molecule has 5 rings (SSSR count). The third-order valence-corrected chi connectivity index (χ3v) is 8.16. The van der Waals surface area contributed by atoms with Crippen molar-refractivity contribution in [2.75, 3.05) is 24.6 Å². The normalized spacial score (nSPS) is 13.9. The molecule has 198 valence electrons. The van der Waals surface area contributed by atoms with E-state index in [1.54, 1.807) is 43.5 Å². The van der Waals surface area contributed by atoms with Gasteiger partial charge in [0.1, 0.15) is 18.1 Å². The number of sulfonamides is 1. The van der Waals surface area contributed by atoms with E-state index >= 15 is 0 Å². The van der Waals surface area contributed by atoms with Crippen LogP contribution in [-0.4, -0.2) is 34.6 Å². The van der Waals surface area contributed by atoms with Gasteiger partial charge in [0.15, 0.2) is 4.91 Å². The van der Waals surface area contributed by atoms with Crippen molar-refractivity contribution in [1.82, 2.24) is 5.32 Å². The smallest absolute Gasteiger partial charge is 0.270 e. The Morgan fingerprint density at radius 2 is 1.49 bits per heavy atom. The number of rotatable bonds is 9. The van der Waals surface area contributed by atoms with Crippen LogP contribution >= 0.6 is 0 Å². The first kappa shape index (κ1) is 26.1. The lowest BCUT2D eigenvalue weighted by Crippen LogP contribution is -2.42. The summed E-state index contributed by atoms with van der Waals surface area (Å²) in [5.41, 5.74) is 3.03. The van der Waals surface area contributed by atoms with Gasteiger partial charge in [-0.2, -0.15) is 0 Å². The van der Waals surface area contributed by atoms with Gasteiger partial charge in [-0.1, -0.05) is 84.9 Å². The highest BCUT2D eigenvalue weighted by atomic mass is 32.2. The summed E-state index contributed by atoms with van der Waals surface area (Å²) < 4.78 is 40.6. The van der Waals surface area contributed by atoms with Gasteiger partial charge < -0.3 is 14.8 Å². The summed E-state index contributed by atoms with van der Waals surface area (Å²) in [5.74, 6) is 0.552. The summed E-state index contributed by atoms with van der Waals surface area (Å²) in [4.78, 5) is 13.4. The van der Waals surface area contributed by atoms with Gasteiger partial charge in [-0.3, -0.25) is 9.10 Å². The summed E-state index contributed by atoms with van der Waals surface area (Å²) in [7, 11) is -2.66. The fraction of sp³-hybridized carbons (Fsp3) is 0.129. The number of hydrogen-bond donors (Lipinski definition) is 1. The molecule has 4 aromatic rings. The predicted molar refractivity (Wildman–Crippen MR) is 152 cm³/mol. The first-order valence-electron chi connectivity index (χ1n) is 12.5. The number of amides is 1. The first-order chi connectivity index (χ1) is 19.0. The molecule has 0 fully saturated rings. The molecule has 0 aromatic heterocycles. The maximum Gasteiger partial charge on any atom is 0.270 e. The third-order valence-electron chi connectivity index (χ3n) is 6.35. The van der Waals surface area contributed by atoms with Gasteiger partial charge in [-0.05, 0) is 29.3 Å². The topological polar surface area (TPSA) is 84.9 Å². The molecular formula is C31H28N2O5S. The lowest BCUT2D eigenvalue weighted by molar-refractivity contribution is -0.116. The SMILES string of the molecule is COc1cccc(OCCNC(=O)C2=C(c3ccccc3)c3ccccc3N(Cc3ccccc3)S2(=O)=O)c1. The quantitative estimate of drug-likeness (QED) is 0.302. The van der Waals surface area contributed by atoms with Crippen LogP contribution in [0.2, 0.25) is 0 Å². The minimum atomic E-state index is -4.23. The number of hydrogen-bond acceptors (Lipinski definition) is 5. The number of nitrogens with zero attached hydrogens (tertiary/aromatic N) is 1. The van der Waals surface area contributed by atoms with Crippen LogP contribution in [-0.2, 0) is 21.4 Å². The molecule has 1 heterocycles. The average Bonchev–Trinajstić information content (AvgIpc) is 2.97. The van der Waals surface area contributed by atoms with E-state index in [9.17, 15) is 13.2 Å². The van der Waals surface area contributed by atoms with Crippen LogP contribution in [0, 0.1) is 0 Å². The number of benzene rings is 4. The molecule has 8 heteroatoms. The number of methoxy groups -OCH3 is 1. The molecule has 0 radical (unpaired) electrons. The van der Waals surface area contributed by atoms with Crippen LogP contribution in [0.4, 0.5) is 5.69 Å². The maximum absolute atomic E-state index is 14.2. The zero-order valence-electron chi connectivity index (χ0n) is 21.4. The van der Waals surface area contributed by atoms with Gasteiger partial charge in [0.05, 0.1) is 25.9 Å². The van der Waals surface area contributed by atoms with Crippen molar-refractivity contribution < 1.29 is 22.7 Å². The van der Waals surface area contributed by atoms with Crippen molar-refractivity contribution in [3.63, 3.8) is 0 Å². The summed E-state index contributed by atoms with van der Waals surface area (Å²) in [6.07, 6.45) is 0. The van der Waals surface area contributed by atoms with E-state index in [2.05, 4.69) is 5.32 Å². The van der Waals surface area contributed by atoms with E-state index in [0.717, 1.165) is 5.56 Å². The molecule has 39 heavy (non-hydrogen) atoms. The Labute approximate surface area is 228 Å². The average molecular weight is 541 g/mol. The minimum absolute atomic E-state index is 0.0952. The van der Waals surface area contributed by atoms with Gasteiger partial charge in [0.25, 0.3) is 15.9 Å². The Balaban J connectivity index is 1.50. The van der Waals surface area contributed by atoms with Crippen LogP contribution < -0.4 is 19.1 Å². The van der Waals surface area contributed by atoms with E-state index in [0.29, 0.717) is 33.9 Å². The fourth-order valence-corrected chi connectivity index (χ4v) is 6.29. The zero-order chi connectivity index (χ0) is 27.2. The molecule has 0 saturated heterocycles. The van der Waals surface area contributed by atoms with E-state index in [1.165, 1.54) is 4.31 Å². The number of carbonyl (C=O) groups is 1. The molecule has 4 aromatic carbocycles. The first-order valence-corrected chi connectivity index (χ1v) is 13.9. The molecule has 0 bridgehead atoms. The Morgan fingerprint density at radius 1 is 0.821 bits per heavy atom. The summed E-state index contributed by atoms with van der Waals surface area (Å²) in [6, 6.07) is 32.9. The maximum atomic E-state index is 14.2. The summed E-state index contributed by atoms with van der Waals surface area (Å²) in [6.45, 7) is 0.354. The minimum Gasteiger partial charge on any atom is -0.497 e. The van der Waals surface area contributed by atoms with Gasteiger partial charge >= 0.3 is 0 Å². The lowest BCUT2D eigenvalue weighted by atomic mass is 9.95. The van der Waals surface area contributed by atoms with Crippen molar-refractivity contribution in [2.24, 2.45) is 0 Å². The Bertz CT molecular complexity index is 1600. The molecule has 1 amide bonds. The number of anilines is 1. The molecule has 1 aliphatic heterocycles. The zero-order valence-corrected chi connectivity index (χ0v) is 22.2. The highest BCUT2D eigenvalue weighted by Crippen LogP contribution is 2.43. The van der Waals surface area contributed by atoms with Crippen molar-refractivity contribution in [2.45, 2.75) is 6.54 Å². The van der Waals surface area contributed by atoms with E-state index in [1.807, 2.05) is 72.8 Å². The second kappa shape index (κ2) is 11.4. The third kappa shape index (κ3) is 5.51. The van der Waals surface area contributed by atoms with E-state index in [-0.39, 0.29) is 24.6 Å². The monoisotopic (exact) mass is 540 g/mol. The number of ether oxygens (including phenoxy) is 2. The molecular weight excluding hydrogens is 512 g/mol. The van der Waals surface area contributed by atoms with Crippen LogP contribution in [0.15, 0.2) is 114 Å². The van der Waals surface area contributed by atoms with Crippen molar-refractivity contribution in [3.8, 4) is 11.5 Å². The molecule has 1 N–H and O–H groups in total. The molecule has 1 aliphatic rings. The number of para-hydroxylation sites is 1. The second-order valence-corrected chi connectivity index (χ2v) is 10.7. The number of carbonyl (C=O) groups excluding carboxylic acids is 1. The molecule has 0 unspecified atom stereocenters. The van der Waals surface area contributed by atoms with Crippen LogP contribution in [0.3, 0.4) is 0 Å². The second-order valence-electron chi connectivity index (χ2n) is 8.87. The summed E-state index contributed by atoms with van der Waals surface area (Å²) in [5, 5.41) is 2.76. The Kier molecular flexibility index (Phi) is 7.65. The molecule has 0 atom stereocenters. The van der Waals surface area contributed by atoms with Crippen LogP contribution in [0.1, 0.15) is 16.7 Å². The molecule has 7 nitrogen and oxygen atoms in total. The largest absolute Gasteiger partial charge is 0.497 e. The number of nitrogens with one attached hydrogen (secondary N) is 1. The van der Waals surface area contributed by atoms with Crippen LogP contribution in [0.25, 0.3) is 5.57 Å². The Hall–Kier alpha value is -4.56. The standard InChI is InChI=1S/C31H28N2O5S/c1-37-25-15-10-16-26(21-25)38-20-19-32-31(34)30-29(24-13-6-3-7-14-24)27-17-8-9-18-28(27)33(39(30,35)36)22-23-11-4-2-5-12-23/h2-18,21H,19-20,22H2,1H3,(H,32,34). The van der Waals surface area contributed by atoms with Crippen LogP contribution in [0.5, 0.6) is 11.5 Å². The predicted octanol–water partition coefficient (Wildman–Crippen LogP) is 5.00. The molecule has 0 saturated carbocycles. The van der Waals surface area contributed by atoms with Gasteiger partial charge in [0, 0.05) is 17.2 Å². The van der Waals surface area contributed by atoms with E-state index < -0.39 is 15.9 Å². The highest BCUT2D eigenvalue weighted by Gasteiger charge is 2.41. The molecule has 0 spiro atoms. The Morgan fingerprint density at radius 3 is 2.23 bits per heavy atom. The van der Waals surface area contributed by atoms with Gasteiger partial charge in [-0.15, -0.1) is 0 Å². The van der Waals surface area contributed by atoms with Gasteiger partial charge in [0.2, 0.25) is 0 Å². The van der Waals surface area contributed by atoms with Gasteiger partial charge in [-0.25, -0.2) is 8.42 Å². The highest BCUT2D eigenvalue weighted by molar-refractivity contribution is 7.97. The van der Waals surface area contributed by atoms with Crippen molar-refractivity contribution in [1.29, 1.82) is 0 Å². The van der Waals surface area contributed by atoms with E-state index in [4.69, 9.17) is 9.47 Å². The lowest BCUT2D eigenvalue weighted by Gasteiger charge is -2.33.